The van der Waals surface area contributed by atoms with E-state index in [0.717, 1.165) is 22.4 Å². The molecule has 0 saturated carbocycles. The monoisotopic (exact) mass is 510 g/mol. The summed E-state index contributed by atoms with van der Waals surface area (Å²) in [5.74, 6) is 3.06. The summed E-state index contributed by atoms with van der Waals surface area (Å²) in [5, 5.41) is 6.30. The Kier molecular flexibility index (Phi) is 7.52. The Morgan fingerprint density at radius 1 is 0.848 bits per heavy atom. The van der Waals surface area contributed by atoms with Crippen molar-refractivity contribution in [1.29, 1.82) is 0 Å². The van der Waals surface area contributed by atoms with Gasteiger partial charge in [0.25, 0.3) is 0 Å². The highest BCUT2D eigenvalue weighted by Crippen LogP contribution is 2.54. The fourth-order valence-electron chi connectivity index (χ4n) is 3.11. The SMILES string of the molecule is Cc1ccc(-c2csc(NP(=O)(C=C(Cl)c3ccccc3)/C=C(/Cl)c3ccccc3)n2)cc1. The summed E-state index contributed by atoms with van der Waals surface area (Å²) in [4.78, 5) is 4.65. The van der Waals surface area contributed by atoms with Gasteiger partial charge in [-0.05, 0) is 18.1 Å². The number of hydrogen-bond donors (Lipinski definition) is 1. The molecule has 0 saturated heterocycles. The first-order valence-electron chi connectivity index (χ1n) is 10.2. The van der Waals surface area contributed by atoms with Crippen LogP contribution in [0.4, 0.5) is 5.13 Å². The number of rotatable bonds is 7. The quantitative estimate of drug-likeness (QED) is 0.252. The van der Waals surface area contributed by atoms with Crippen molar-refractivity contribution in [3.05, 3.63) is 119 Å². The summed E-state index contributed by atoms with van der Waals surface area (Å²) in [6.45, 7) is 2.04. The molecular formula is C26H21Cl2N2OPS. The maximum Gasteiger partial charge on any atom is 0.217 e. The second-order valence-electron chi connectivity index (χ2n) is 7.41. The standard InChI is InChI=1S/C26H21Cl2N2OPS/c1-19-12-14-22(15-13-19)25-18-33-26(29-25)30-32(31,16-23(27)20-8-4-2-5-9-20)17-24(28)21-10-6-3-7-11-21/h2-18H,1H3,(H,29,30,31)/b23-16+,24-17?. The molecule has 1 heterocycles. The molecule has 7 heteroatoms. The number of aromatic nitrogens is 1. The van der Waals surface area contributed by atoms with E-state index in [-0.39, 0.29) is 0 Å². The molecule has 3 nitrogen and oxygen atoms in total. The third-order valence-corrected chi connectivity index (χ3v) is 8.54. The van der Waals surface area contributed by atoms with Crippen molar-refractivity contribution >= 4 is 57.0 Å². The predicted octanol–water partition coefficient (Wildman–Crippen LogP) is 9.28. The van der Waals surface area contributed by atoms with Crippen LogP contribution in [0.15, 0.2) is 102 Å². The normalized spacial score (nSPS) is 14.0. The van der Waals surface area contributed by atoms with Gasteiger partial charge >= 0.3 is 0 Å². The van der Waals surface area contributed by atoms with Gasteiger partial charge in [-0.3, -0.25) is 4.57 Å². The molecule has 4 aromatic rings. The topological polar surface area (TPSA) is 42.0 Å². The molecule has 0 spiro atoms. The number of aryl methyl sites for hydroxylation is 1. The number of benzene rings is 3. The molecule has 0 amide bonds. The maximum absolute atomic E-state index is 14.1. The molecular weight excluding hydrogens is 490 g/mol. The zero-order chi connectivity index (χ0) is 23.3. The minimum Gasteiger partial charge on any atom is -0.306 e. The van der Waals surface area contributed by atoms with Crippen LogP contribution >= 0.6 is 41.8 Å². The Morgan fingerprint density at radius 2 is 1.36 bits per heavy atom. The van der Waals surface area contributed by atoms with Crippen molar-refractivity contribution in [2.24, 2.45) is 0 Å². The molecule has 0 bridgehead atoms. The fraction of sp³-hybridized carbons (Fsp3) is 0.0385. The summed E-state index contributed by atoms with van der Waals surface area (Å²) >= 11 is 14.5. The van der Waals surface area contributed by atoms with Gasteiger partial charge in [0, 0.05) is 22.6 Å². The van der Waals surface area contributed by atoms with Gasteiger partial charge in [0.15, 0.2) is 5.13 Å². The molecule has 1 unspecified atom stereocenters. The van der Waals surface area contributed by atoms with Crippen LogP contribution in [0.5, 0.6) is 0 Å². The van der Waals surface area contributed by atoms with Crippen LogP contribution in [0, 0.1) is 6.92 Å². The Labute approximate surface area is 207 Å². The zero-order valence-corrected chi connectivity index (χ0v) is 21.0. The van der Waals surface area contributed by atoms with Crippen LogP contribution in [0.2, 0.25) is 0 Å². The van der Waals surface area contributed by atoms with Gasteiger partial charge in [-0.2, -0.15) is 0 Å². The van der Waals surface area contributed by atoms with Gasteiger partial charge in [-0.15, -0.1) is 11.3 Å². The first-order valence-corrected chi connectivity index (χ1v) is 13.7. The molecule has 0 fully saturated rings. The average Bonchev–Trinajstić information content (AvgIpc) is 3.28. The van der Waals surface area contributed by atoms with Gasteiger partial charge in [0.1, 0.15) is 0 Å². The molecule has 0 aliphatic carbocycles. The number of nitrogens with one attached hydrogen (secondary N) is 1. The van der Waals surface area contributed by atoms with Crippen molar-refractivity contribution < 1.29 is 4.57 Å². The van der Waals surface area contributed by atoms with E-state index < -0.39 is 7.29 Å². The maximum atomic E-state index is 14.1. The summed E-state index contributed by atoms with van der Waals surface area (Å²) in [6, 6.07) is 26.9. The van der Waals surface area contributed by atoms with Gasteiger partial charge < -0.3 is 5.09 Å². The second-order valence-corrected chi connectivity index (χ2v) is 11.2. The van der Waals surface area contributed by atoms with Gasteiger partial charge in [-0.1, -0.05) is 114 Å². The van der Waals surface area contributed by atoms with Gasteiger partial charge in [-0.25, -0.2) is 4.98 Å². The van der Waals surface area contributed by atoms with Crippen molar-refractivity contribution in [2.75, 3.05) is 5.09 Å². The van der Waals surface area contributed by atoms with E-state index in [9.17, 15) is 4.57 Å². The molecule has 4 rings (SSSR count). The number of halogens is 2. The van der Waals surface area contributed by atoms with E-state index in [1.807, 2.05) is 97.2 Å². The first-order chi connectivity index (χ1) is 15.9. The minimum absolute atomic E-state index is 0.371. The third-order valence-electron chi connectivity index (χ3n) is 4.83. The van der Waals surface area contributed by atoms with Crippen LogP contribution in [0.1, 0.15) is 16.7 Å². The summed E-state index contributed by atoms with van der Waals surface area (Å²) in [6.07, 6.45) is 0. The molecule has 1 atom stereocenters. The number of nitrogens with zero attached hydrogens (tertiary/aromatic N) is 1. The largest absolute Gasteiger partial charge is 0.306 e. The Morgan fingerprint density at radius 3 is 1.88 bits per heavy atom. The van der Waals surface area contributed by atoms with Crippen LogP contribution in [0.25, 0.3) is 21.3 Å². The lowest BCUT2D eigenvalue weighted by atomic mass is 10.1. The molecule has 0 radical (unpaired) electrons. The molecule has 1 N–H and O–H groups in total. The molecule has 1 aromatic heterocycles. The van der Waals surface area contributed by atoms with Crippen LogP contribution in [0.3, 0.4) is 0 Å². The number of thiazole rings is 1. The van der Waals surface area contributed by atoms with Crippen LogP contribution in [-0.4, -0.2) is 4.98 Å². The lowest BCUT2D eigenvalue weighted by Gasteiger charge is -2.13. The first kappa shape index (κ1) is 23.5. The number of hydrogen-bond acceptors (Lipinski definition) is 3. The summed E-state index contributed by atoms with van der Waals surface area (Å²) < 4.78 is 14.1. The smallest absolute Gasteiger partial charge is 0.217 e. The van der Waals surface area contributed by atoms with Crippen molar-refractivity contribution in [1.82, 2.24) is 4.98 Å². The molecule has 166 valence electrons. The predicted molar refractivity (Wildman–Crippen MR) is 144 cm³/mol. The van der Waals surface area contributed by atoms with Gasteiger partial charge in [0.05, 0.1) is 15.8 Å². The third kappa shape index (κ3) is 6.25. The molecule has 3 aromatic carbocycles. The summed E-state index contributed by atoms with van der Waals surface area (Å²) in [7, 11) is -3.36. The molecule has 0 aliphatic heterocycles. The molecule has 33 heavy (non-hydrogen) atoms. The van der Waals surface area contributed by atoms with E-state index in [4.69, 9.17) is 23.2 Å². The van der Waals surface area contributed by atoms with Crippen molar-refractivity contribution in [3.63, 3.8) is 0 Å². The number of anilines is 1. The highest BCUT2D eigenvalue weighted by Gasteiger charge is 2.21. The van der Waals surface area contributed by atoms with E-state index in [2.05, 4.69) is 10.1 Å². The fourth-order valence-corrected chi connectivity index (χ4v) is 6.96. The highest BCUT2D eigenvalue weighted by atomic mass is 35.5. The Balaban J connectivity index is 1.70. The molecule has 0 aliphatic rings. The Hall–Kier alpha value is -2.62. The van der Waals surface area contributed by atoms with E-state index >= 15 is 0 Å². The van der Waals surface area contributed by atoms with E-state index in [1.165, 1.54) is 28.5 Å². The lowest BCUT2D eigenvalue weighted by Crippen LogP contribution is -1.94. The minimum atomic E-state index is -3.36. The van der Waals surface area contributed by atoms with E-state index in [1.54, 1.807) is 0 Å². The average molecular weight is 511 g/mol. The van der Waals surface area contributed by atoms with Crippen LogP contribution in [-0.2, 0) is 4.57 Å². The van der Waals surface area contributed by atoms with Crippen molar-refractivity contribution in [3.8, 4) is 11.3 Å². The zero-order valence-electron chi connectivity index (χ0n) is 17.8. The highest BCUT2D eigenvalue weighted by molar-refractivity contribution is 7.72. The summed E-state index contributed by atoms with van der Waals surface area (Å²) in [5.41, 5.74) is 4.52. The second kappa shape index (κ2) is 10.5. The Bertz CT molecular complexity index is 1270. The van der Waals surface area contributed by atoms with E-state index in [0.29, 0.717) is 15.2 Å². The van der Waals surface area contributed by atoms with Crippen molar-refractivity contribution in [2.45, 2.75) is 6.92 Å². The van der Waals surface area contributed by atoms with Crippen LogP contribution < -0.4 is 5.09 Å². The van der Waals surface area contributed by atoms with Gasteiger partial charge in [0.2, 0.25) is 7.29 Å². The lowest BCUT2D eigenvalue weighted by molar-refractivity contribution is 0.589.